The standard InChI is InChI=1S/C13H22N2O3S2/c1-2-3-4-5-6-15-12(17)7-11(13(15)18)20-14-10(8-16)9-19/h8,10-11,14,19H,2-7,9H2,1H3/t10-,11?/m1/s1. The maximum atomic E-state index is 12.1. The molecule has 20 heavy (non-hydrogen) atoms. The molecule has 7 heteroatoms. The summed E-state index contributed by atoms with van der Waals surface area (Å²) in [5.74, 6) is 0.110. The van der Waals surface area contributed by atoms with E-state index >= 15 is 0 Å². The van der Waals surface area contributed by atoms with Crippen molar-refractivity contribution < 1.29 is 14.4 Å². The Labute approximate surface area is 129 Å². The number of thiol groups is 1. The van der Waals surface area contributed by atoms with Gasteiger partial charge in [-0.1, -0.05) is 38.1 Å². The fraction of sp³-hybridized carbons (Fsp3) is 0.769. The molecule has 0 bridgehead atoms. The average molecular weight is 318 g/mol. The molecule has 0 aromatic heterocycles. The smallest absolute Gasteiger partial charge is 0.244 e. The second kappa shape index (κ2) is 9.41. The lowest BCUT2D eigenvalue weighted by Crippen LogP contribution is -2.34. The van der Waals surface area contributed by atoms with Gasteiger partial charge in [0.1, 0.15) is 11.5 Å². The summed E-state index contributed by atoms with van der Waals surface area (Å²) in [6, 6.07) is -0.398. The minimum absolute atomic E-state index is 0.112. The van der Waals surface area contributed by atoms with E-state index in [1.807, 2.05) is 0 Å². The molecule has 1 saturated heterocycles. The number of amides is 2. The first kappa shape index (κ1) is 17.5. The van der Waals surface area contributed by atoms with Crippen molar-refractivity contribution in [1.29, 1.82) is 0 Å². The number of carbonyl (C=O) groups is 3. The van der Waals surface area contributed by atoms with Gasteiger partial charge in [-0.15, -0.1) is 0 Å². The van der Waals surface area contributed by atoms with Gasteiger partial charge >= 0.3 is 0 Å². The number of hydrogen-bond acceptors (Lipinski definition) is 6. The van der Waals surface area contributed by atoms with Gasteiger partial charge in [0.2, 0.25) is 11.8 Å². The van der Waals surface area contributed by atoms with Crippen LogP contribution in [0.15, 0.2) is 0 Å². The molecule has 2 amide bonds. The van der Waals surface area contributed by atoms with Gasteiger partial charge in [-0.2, -0.15) is 12.6 Å². The monoisotopic (exact) mass is 318 g/mol. The van der Waals surface area contributed by atoms with Crippen LogP contribution in [-0.2, 0) is 14.4 Å². The highest BCUT2D eigenvalue weighted by molar-refractivity contribution is 7.98. The van der Waals surface area contributed by atoms with Crippen LogP contribution < -0.4 is 4.72 Å². The molecule has 1 unspecified atom stereocenters. The number of unbranched alkanes of at least 4 members (excludes halogenated alkanes) is 3. The molecular formula is C13H22N2O3S2. The third kappa shape index (κ3) is 5.10. The summed E-state index contributed by atoms with van der Waals surface area (Å²) < 4.78 is 2.88. The predicted molar refractivity (Wildman–Crippen MR) is 83.7 cm³/mol. The van der Waals surface area contributed by atoms with Gasteiger partial charge < -0.3 is 4.79 Å². The minimum Gasteiger partial charge on any atom is -0.302 e. The molecule has 1 aliphatic heterocycles. The van der Waals surface area contributed by atoms with E-state index in [0.717, 1.165) is 43.9 Å². The second-order valence-corrected chi connectivity index (χ2v) is 6.20. The van der Waals surface area contributed by atoms with Crippen LogP contribution >= 0.6 is 24.6 Å². The molecule has 0 radical (unpaired) electrons. The van der Waals surface area contributed by atoms with Crippen LogP contribution in [0.25, 0.3) is 0 Å². The molecule has 0 spiro atoms. The molecule has 1 aliphatic rings. The van der Waals surface area contributed by atoms with Gasteiger partial charge in [0.25, 0.3) is 0 Å². The Morgan fingerprint density at radius 3 is 2.80 bits per heavy atom. The van der Waals surface area contributed by atoms with Crippen molar-refractivity contribution in [3.05, 3.63) is 0 Å². The molecule has 0 aliphatic carbocycles. The maximum Gasteiger partial charge on any atom is 0.244 e. The Morgan fingerprint density at radius 2 is 2.20 bits per heavy atom. The molecule has 1 fully saturated rings. The SMILES string of the molecule is CCCCCCN1C(=O)CC(SN[C@H](C=O)CS)C1=O. The Morgan fingerprint density at radius 1 is 1.45 bits per heavy atom. The summed E-state index contributed by atoms with van der Waals surface area (Å²) in [7, 11) is 0. The lowest BCUT2D eigenvalue weighted by atomic mass is 10.2. The van der Waals surface area contributed by atoms with Crippen molar-refractivity contribution in [2.24, 2.45) is 0 Å². The van der Waals surface area contributed by atoms with Gasteiger partial charge in [-0.25, -0.2) is 0 Å². The van der Waals surface area contributed by atoms with Crippen LogP contribution in [0.2, 0.25) is 0 Å². The highest BCUT2D eigenvalue weighted by Gasteiger charge is 2.38. The van der Waals surface area contributed by atoms with Gasteiger partial charge in [0.05, 0.1) is 6.04 Å². The normalized spacial score (nSPS) is 20.5. The highest BCUT2D eigenvalue weighted by atomic mass is 32.2. The predicted octanol–water partition coefficient (Wildman–Crippen LogP) is 1.43. The molecule has 2 atom stereocenters. The largest absolute Gasteiger partial charge is 0.302 e. The first-order chi connectivity index (χ1) is 9.63. The Balaban J connectivity index is 2.39. The van der Waals surface area contributed by atoms with E-state index in [-0.39, 0.29) is 18.2 Å². The third-order valence-corrected chi connectivity index (χ3v) is 4.65. The number of rotatable bonds is 10. The minimum atomic E-state index is -0.420. The quantitative estimate of drug-likeness (QED) is 0.210. The summed E-state index contributed by atoms with van der Waals surface area (Å²) in [6.45, 7) is 2.63. The van der Waals surface area contributed by atoms with Gasteiger partial charge in [-0.3, -0.25) is 19.2 Å². The second-order valence-electron chi connectivity index (χ2n) is 4.80. The van der Waals surface area contributed by atoms with Crippen LogP contribution in [0, 0.1) is 0 Å². The summed E-state index contributed by atoms with van der Waals surface area (Å²) >= 11 is 5.19. The molecule has 0 saturated carbocycles. The number of imide groups is 1. The molecular weight excluding hydrogens is 296 g/mol. The molecule has 1 N–H and O–H groups in total. The van der Waals surface area contributed by atoms with E-state index < -0.39 is 11.3 Å². The molecule has 1 rings (SSSR count). The molecule has 114 valence electrons. The van der Waals surface area contributed by atoms with E-state index in [2.05, 4.69) is 24.3 Å². The number of aldehydes is 1. The summed E-state index contributed by atoms with van der Waals surface area (Å²) in [5.41, 5.74) is 0. The number of hydrogen-bond donors (Lipinski definition) is 2. The summed E-state index contributed by atoms with van der Waals surface area (Å²) in [5, 5.41) is -0.420. The van der Waals surface area contributed by atoms with Crippen molar-refractivity contribution in [2.75, 3.05) is 12.3 Å². The Hall–Kier alpha value is -0.530. The van der Waals surface area contributed by atoms with Crippen molar-refractivity contribution in [1.82, 2.24) is 9.62 Å². The summed E-state index contributed by atoms with van der Waals surface area (Å²) in [4.78, 5) is 35.9. The lowest BCUT2D eigenvalue weighted by Gasteiger charge is -2.15. The zero-order valence-corrected chi connectivity index (χ0v) is 13.4. The number of likely N-dealkylation sites (tertiary alicyclic amines) is 1. The van der Waals surface area contributed by atoms with Crippen molar-refractivity contribution in [3.63, 3.8) is 0 Å². The fourth-order valence-corrected chi connectivity index (χ4v) is 3.19. The number of carbonyl (C=O) groups excluding carboxylic acids is 3. The van der Waals surface area contributed by atoms with E-state index in [1.54, 1.807) is 0 Å². The van der Waals surface area contributed by atoms with E-state index in [9.17, 15) is 14.4 Å². The van der Waals surface area contributed by atoms with E-state index in [1.165, 1.54) is 4.90 Å². The van der Waals surface area contributed by atoms with Crippen LogP contribution in [0.3, 0.4) is 0 Å². The fourth-order valence-electron chi connectivity index (χ4n) is 1.95. The maximum absolute atomic E-state index is 12.1. The number of nitrogens with zero attached hydrogens (tertiary/aromatic N) is 1. The Bertz CT molecular complexity index is 353. The van der Waals surface area contributed by atoms with Crippen LogP contribution in [0.1, 0.15) is 39.0 Å². The van der Waals surface area contributed by atoms with Crippen molar-refractivity contribution in [2.45, 2.75) is 50.3 Å². The zero-order chi connectivity index (χ0) is 15.0. The van der Waals surface area contributed by atoms with Gasteiger partial charge in [-0.05, 0) is 6.42 Å². The first-order valence-corrected chi connectivity index (χ1v) is 8.46. The van der Waals surface area contributed by atoms with Crippen molar-refractivity contribution >= 4 is 42.7 Å². The average Bonchev–Trinajstić information content (AvgIpc) is 2.71. The highest BCUT2D eigenvalue weighted by Crippen LogP contribution is 2.24. The Kier molecular flexibility index (Phi) is 8.25. The van der Waals surface area contributed by atoms with E-state index in [4.69, 9.17) is 0 Å². The van der Waals surface area contributed by atoms with Crippen LogP contribution in [-0.4, -0.2) is 46.6 Å². The van der Waals surface area contributed by atoms with Crippen LogP contribution in [0.4, 0.5) is 0 Å². The van der Waals surface area contributed by atoms with Crippen LogP contribution in [0.5, 0.6) is 0 Å². The molecule has 5 nitrogen and oxygen atoms in total. The molecule has 1 heterocycles. The van der Waals surface area contributed by atoms with Gasteiger partial charge in [0.15, 0.2) is 0 Å². The number of nitrogens with one attached hydrogen (secondary N) is 1. The van der Waals surface area contributed by atoms with Crippen molar-refractivity contribution in [3.8, 4) is 0 Å². The van der Waals surface area contributed by atoms with E-state index in [0.29, 0.717) is 12.3 Å². The topological polar surface area (TPSA) is 66.5 Å². The zero-order valence-electron chi connectivity index (χ0n) is 11.7. The molecule has 0 aromatic rings. The third-order valence-electron chi connectivity index (χ3n) is 3.16. The molecule has 0 aromatic carbocycles. The lowest BCUT2D eigenvalue weighted by molar-refractivity contribution is -0.138. The van der Waals surface area contributed by atoms with Gasteiger partial charge in [0, 0.05) is 18.7 Å². The first-order valence-electron chi connectivity index (χ1n) is 6.95. The summed E-state index contributed by atoms with van der Waals surface area (Å²) in [6.07, 6.45) is 5.12.